The van der Waals surface area contributed by atoms with Crippen molar-refractivity contribution in [3.63, 3.8) is 0 Å². The fraction of sp³-hybridized carbons (Fsp3) is 0.0588. The van der Waals surface area contributed by atoms with Crippen molar-refractivity contribution in [3.05, 3.63) is 64.5 Å². The van der Waals surface area contributed by atoms with Crippen molar-refractivity contribution in [3.8, 4) is 17.0 Å². The zero-order chi connectivity index (χ0) is 16.9. The minimum absolute atomic E-state index is 0.296. The number of rotatable bonds is 5. The SMILES string of the molecule is COc1ccccc1C(=O)NNc1nc(-c2ccc(Cl)cc2)cs1. The molecule has 0 bridgehead atoms. The fourth-order valence-electron chi connectivity index (χ4n) is 2.09. The molecule has 1 aromatic heterocycles. The number of anilines is 1. The molecule has 0 atom stereocenters. The number of hydrazine groups is 1. The number of ether oxygens (including phenoxy) is 1. The number of carbonyl (C=O) groups is 1. The lowest BCUT2D eigenvalue weighted by molar-refractivity contribution is 0.0959. The van der Waals surface area contributed by atoms with E-state index in [0.29, 0.717) is 21.5 Å². The average Bonchev–Trinajstić information content (AvgIpc) is 3.09. The summed E-state index contributed by atoms with van der Waals surface area (Å²) in [6.45, 7) is 0. The van der Waals surface area contributed by atoms with E-state index in [9.17, 15) is 4.79 Å². The third-order valence-electron chi connectivity index (χ3n) is 3.28. The molecular weight excluding hydrogens is 346 g/mol. The molecule has 2 aromatic carbocycles. The lowest BCUT2D eigenvalue weighted by Gasteiger charge is -2.09. The molecule has 2 N–H and O–H groups in total. The van der Waals surface area contributed by atoms with Crippen LogP contribution in [0.1, 0.15) is 10.4 Å². The lowest BCUT2D eigenvalue weighted by Crippen LogP contribution is -2.29. The Labute approximate surface area is 148 Å². The Balaban J connectivity index is 1.67. The Morgan fingerprint density at radius 2 is 1.92 bits per heavy atom. The number of halogens is 1. The number of aromatic nitrogens is 1. The summed E-state index contributed by atoms with van der Waals surface area (Å²) in [6, 6.07) is 14.4. The van der Waals surface area contributed by atoms with Crippen LogP contribution >= 0.6 is 22.9 Å². The van der Waals surface area contributed by atoms with Gasteiger partial charge in [0, 0.05) is 16.0 Å². The Kier molecular flexibility index (Phi) is 4.98. The molecule has 0 radical (unpaired) electrons. The summed E-state index contributed by atoms with van der Waals surface area (Å²) in [7, 11) is 1.53. The number of hydrogen-bond acceptors (Lipinski definition) is 5. The Morgan fingerprint density at radius 3 is 2.67 bits per heavy atom. The highest BCUT2D eigenvalue weighted by Crippen LogP contribution is 2.25. The van der Waals surface area contributed by atoms with Gasteiger partial charge in [0.2, 0.25) is 5.13 Å². The van der Waals surface area contributed by atoms with Crippen LogP contribution in [-0.2, 0) is 0 Å². The second kappa shape index (κ2) is 7.33. The molecule has 1 heterocycles. The summed E-state index contributed by atoms with van der Waals surface area (Å²) in [5.41, 5.74) is 7.66. The van der Waals surface area contributed by atoms with Gasteiger partial charge in [-0.1, -0.05) is 35.9 Å². The molecule has 0 unspecified atom stereocenters. The third kappa shape index (κ3) is 3.67. The number of nitrogens with one attached hydrogen (secondary N) is 2. The van der Waals surface area contributed by atoms with Crippen LogP contribution in [0.15, 0.2) is 53.9 Å². The number of methoxy groups -OCH3 is 1. The lowest BCUT2D eigenvalue weighted by atomic mass is 10.2. The monoisotopic (exact) mass is 359 g/mol. The van der Waals surface area contributed by atoms with E-state index < -0.39 is 0 Å². The number of nitrogens with zero attached hydrogens (tertiary/aromatic N) is 1. The normalized spacial score (nSPS) is 10.2. The topological polar surface area (TPSA) is 63.2 Å². The zero-order valence-electron chi connectivity index (χ0n) is 12.7. The number of carbonyl (C=O) groups excluding carboxylic acids is 1. The van der Waals surface area contributed by atoms with Crippen LogP contribution in [-0.4, -0.2) is 18.0 Å². The van der Waals surface area contributed by atoms with Gasteiger partial charge in [0.25, 0.3) is 5.91 Å². The summed E-state index contributed by atoms with van der Waals surface area (Å²) in [6.07, 6.45) is 0. The molecule has 3 rings (SSSR count). The first-order valence-electron chi connectivity index (χ1n) is 7.08. The molecule has 7 heteroatoms. The number of amides is 1. The van der Waals surface area contributed by atoms with E-state index in [1.165, 1.54) is 18.4 Å². The quantitative estimate of drug-likeness (QED) is 0.669. The van der Waals surface area contributed by atoms with Crippen LogP contribution in [0.2, 0.25) is 5.02 Å². The molecule has 1 amide bonds. The zero-order valence-corrected chi connectivity index (χ0v) is 14.3. The summed E-state index contributed by atoms with van der Waals surface area (Å²) in [5, 5.41) is 3.17. The minimum atomic E-state index is -0.296. The number of para-hydroxylation sites is 1. The molecule has 122 valence electrons. The number of thiazole rings is 1. The summed E-state index contributed by atoms with van der Waals surface area (Å²) in [4.78, 5) is 16.7. The highest BCUT2D eigenvalue weighted by Gasteiger charge is 2.12. The van der Waals surface area contributed by atoms with E-state index in [-0.39, 0.29) is 5.91 Å². The molecular formula is C17H14ClN3O2S. The summed E-state index contributed by atoms with van der Waals surface area (Å²) < 4.78 is 5.18. The summed E-state index contributed by atoms with van der Waals surface area (Å²) in [5.74, 6) is 0.216. The van der Waals surface area contributed by atoms with Gasteiger partial charge in [-0.25, -0.2) is 4.98 Å². The first-order valence-corrected chi connectivity index (χ1v) is 8.34. The first kappa shape index (κ1) is 16.3. The highest BCUT2D eigenvalue weighted by atomic mass is 35.5. The van der Waals surface area contributed by atoms with Gasteiger partial charge in [0.1, 0.15) is 5.75 Å². The second-order valence-corrected chi connectivity index (χ2v) is 6.12. The maximum atomic E-state index is 12.2. The van der Waals surface area contributed by atoms with E-state index in [4.69, 9.17) is 16.3 Å². The van der Waals surface area contributed by atoms with Gasteiger partial charge in [-0.15, -0.1) is 11.3 Å². The highest BCUT2D eigenvalue weighted by molar-refractivity contribution is 7.14. The van der Waals surface area contributed by atoms with Crippen LogP contribution in [0.25, 0.3) is 11.3 Å². The van der Waals surface area contributed by atoms with Gasteiger partial charge in [-0.05, 0) is 24.3 Å². The van der Waals surface area contributed by atoms with Crippen molar-refractivity contribution in [2.75, 3.05) is 12.5 Å². The predicted octanol–water partition coefficient (Wildman–Crippen LogP) is 4.23. The van der Waals surface area contributed by atoms with Crippen molar-refractivity contribution in [2.45, 2.75) is 0 Å². The van der Waals surface area contributed by atoms with E-state index in [1.807, 2.05) is 35.7 Å². The van der Waals surface area contributed by atoms with Crippen LogP contribution in [0, 0.1) is 0 Å². The molecule has 0 aliphatic heterocycles. The predicted molar refractivity (Wildman–Crippen MR) is 96.6 cm³/mol. The molecule has 0 aliphatic rings. The molecule has 0 fully saturated rings. The maximum Gasteiger partial charge on any atom is 0.273 e. The van der Waals surface area contributed by atoms with Crippen LogP contribution in [0.3, 0.4) is 0 Å². The van der Waals surface area contributed by atoms with Gasteiger partial charge < -0.3 is 4.74 Å². The molecule has 0 saturated heterocycles. The average molecular weight is 360 g/mol. The van der Waals surface area contributed by atoms with E-state index in [0.717, 1.165) is 11.3 Å². The van der Waals surface area contributed by atoms with Crippen molar-refractivity contribution >= 4 is 34.0 Å². The smallest absolute Gasteiger partial charge is 0.273 e. The molecule has 3 aromatic rings. The Morgan fingerprint density at radius 1 is 1.17 bits per heavy atom. The van der Waals surface area contributed by atoms with Gasteiger partial charge in [0.05, 0.1) is 18.4 Å². The van der Waals surface area contributed by atoms with Crippen molar-refractivity contribution in [1.82, 2.24) is 10.4 Å². The molecule has 0 aliphatic carbocycles. The van der Waals surface area contributed by atoms with E-state index in [1.54, 1.807) is 18.2 Å². The minimum Gasteiger partial charge on any atom is -0.496 e. The Hall–Kier alpha value is -2.57. The van der Waals surface area contributed by atoms with E-state index >= 15 is 0 Å². The molecule has 0 spiro atoms. The van der Waals surface area contributed by atoms with Crippen LogP contribution < -0.4 is 15.6 Å². The van der Waals surface area contributed by atoms with Gasteiger partial charge >= 0.3 is 0 Å². The molecule has 0 saturated carbocycles. The van der Waals surface area contributed by atoms with Gasteiger partial charge in [0.15, 0.2) is 0 Å². The van der Waals surface area contributed by atoms with Crippen LogP contribution in [0.5, 0.6) is 5.75 Å². The van der Waals surface area contributed by atoms with Crippen molar-refractivity contribution < 1.29 is 9.53 Å². The first-order chi connectivity index (χ1) is 11.7. The second-order valence-electron chi connectivity index (χ2n) is 4.82. The fourth-order valence-corrected chi connectivity index (χ4v) is 2.89. The Bertz CT molecular complexity index is 849. The molecule has 5 nitrogen and oxygen atoms in total. The third-order valence-corrected chi connectivity index (χ3v) is 4.29. The van der Waals surface area contributed by atoms with E-state index in [2.05, 4.69) is 15.8 Å². The molecule has 24 heavy (non-hydrogen) atoms. The maximum absolute atomic E-state index is 12.2. The van der Waals surface area contributed by atoms with Crippen LogP contribution in [0.4, 0.5) is 5.13 Å². The summed E-state index contributed by atoms with van der Waals surface area (Å²) >= 11 is 7.28. The number of hydrogen-bond donors (Lipinski definition) is 2. The van der Waals surface area contributed by atoms with Crippen molar-refractivity contribution in [1.29, 1.82) is 0 Å². The van der Waals surface area contributed by atoms with Gasteiger partial charge in [-0.3, -0.25) is 15.6 Å². The standard InChI is InChI=1S/C17H14ClN3O2S/c1-23-15-5-3-2-4-13(15)16(22)20-21-17-19-14(10-24-17)11-6-8-12(18)9-7-11/h2-10H,1H3,(H,19,21)(H,20,22). The number of benzene rings is 2. The van der Waals surface area contributed by atoms with Crippen molar-refractivity contribution in [2.24, 2.45) is 0 Å². The van der Waals surface area contributed by atoms with Gasteiger partial charge in [-0.2, -0.15) is 0 Å². The largest absolute Gasteiger partial charge is 0.496 e.